The quantitative estimate of drug-likeness (QED) is 0.623. The molecule has 0 unspecified atom stereocenters. The number of amides is 1. The van der Waals surface area contributed by atoms with E-state index in [4.69, 9.17) is 4.74 Å². The van der Waals surface area contributed by atoms with Gasteiger partial charge in [-0.3, -0.25) is 4.79 Å². The molecule has 2 saturated heterocycles. The number of benzene rings is 2. The van der Waals surface area contributed by atoms with E-state index >= 15 is 0 Å². The highest BCUT2D eigenvalue weighted by Gasteiger charge is 2.27. The number of sulfonamides is 1. The van der Waals surface area contributed by atoms with E-state index in [1.165, 1.54) is 47.8 Å². The first-order chi connectivity index (χ1) is 15.9. The lowest BCUT2D eigenvalue weighted by molar-refractivity contribution is -0.119. The summed E-state index contributed by atoms with van der Waals surface area (Å²) in [5, 5.41) is 2.72. The van der Waals surface area contributed by atoms with Gasteiger partial charge in [0.2, 0.25) is 10.0 Å². The van der Waals surface area contributed by atoms with Crippen LogP contribution in [0.25, 0.3) is 0 Å². The Morgan fingerprint density at radius 1 is 0.818 bits per heavy atom. The van der Waals surface area contributed by atoms with Gasteiger partial charge in [0.1, 0.15) is 0 Å². The fourth-order valence-electron chi connectivity index (χ4n) is 4.16. The molecule has 4 rings (SSSR count). The molecule has 33 heavy (non-hydrogen) atoms. The van der Waals surface area contributed by atoms with Crippen molar-refractivity contribution in [3.63, 3.8) is 0 Å². The third-order valence-electron chi connectivity index (χ3n) is 6.00. The SMILES string of the molecule is O=C(COC(=O)c1ccc(S(=O)(=O)N2CCCC2)cc1)Nc1ccc(N2CCCCC2)cc1. The van der Waals surface area contributed by atoms with Crippen molar-refractivity contribution < 1.29 is 22.7 Å². The monoisotopic (exact) mass is 471 g/mol. The largest absolute Gasteiger partial charge is 0.452 e. The number of nitrogens with one attached hydrogen (secondary N) is 1. The van der Waals surface area contributed by atoms with E-state index in [0.717, 1.165) is 31.6 Å². The molecule has 0 aromatic heterocycles. The van der Waals surface area contributed by atoms with Crippen LogP contribution >= 0.6 is 0 Å². The summed E-state index contributed by atoms with van der Waals surface area (Å²) in [5.74, 6) is -1.13. The Morgan fingerprint density at radius 2 is 1.42 bits per heavy atom. The van der Waals surface area contributed by atoms with E-state index in [2.05, 4.69) is 10.2 Å². The van der Waals surface area contributed by atoms with Crippen molar-refractivity contribution in [3.05, 3.63) is 54.1 Å². The van der Waals surface area contributed by atoms with Crippen molar-refractivity contribution in [2.45, 2.75) is 37.0 Å². The minimum absolute atomic E-state index is 0.145. The van der Waals surface area contributed by atoms with E-state index in [-0.39, 0.29) is 10.5 Å². The van der Waals surface area contributed by atoms with Gasteiger partial charge in [-0.15, -0.1) is 0 Å². The topological polar surface area (TPSA) is 96.0 Å². The maximum absolute atomic E-state index is 12.6. The summed E-state index contributed by atoms with van der Waals surface area (Å²) in [4.78, 5) is 26.9. The standard InChI is InChI=1S/C24H29N3O5S/c28-23(25-20-8-10-21(11-9-20)26-14-2-1-3-15-26)18-32-24(29)19-6-12-22(13-7-19)33(30,31)27-16-4-5-17-27/h6-13H,1-5,14-18H2,(H,25,28). The highest BCUT2D eigenvalue weighted by molar-refractivity contribution is 7.89. The number of piperidine rings is 1. The van der Waals surface area contributed by atoms with Crippen LogP contribution < -0.4 is 10.2 Å². The van der Waals surface area contributed by atoms with E-state index in [1.54, 1.807) is 0 Å². The average molecular weight is 472 g/mol. The summed E-state index contributed by atoms with van der Waals surface area (Å²) in [5.41, 5.74) is 1.96. The summed E-state index contributed by atoms with van der Waals surface area (Å²) in [6, 6.07) is 13.2. The Bertz CT molecular complexity index is 1070. The minimum atomic E-state index is -3.54. The number of hydrogen-bond donors (Lipinski definition) is 1. The van der Waals surface area contributed by atoms with E-state index in [1.807, 2.05) is 24.3 Å². The second-order valence-electron chi connectivity index (χ2n) is 8.35. The number of nitrogens with zero attached hydrogens (tertiary/aromatic N) is 2. The molecule has 0 radical (unpaired) electrons. The molecule has 9 heteroatoms. The molecule has 1 amide bonds. The lowest BCUT2D eigenvalue weighted by Crippen LogP contribution is -2.29. The van der Waals surface area contributed by atoms with E-state index in [0.29, 0.717) is 18.8 Å². The van der Waals surface area contributed by atoms with Crippen molar-refractivity contribution >= 4 is 33.3 Å². The van der Waals surface area contributed by atoms with Gasteiger partial charge in [0.05, 0.1) is 10.5 Å². The zero-order valence-corrected chi connectivity index (χ0v) is 19.4. The normalized spacial score (nSPS) is 17.0. The number of esters is 1. The molecule has 176 valence electrons. The van der Waals surface area contributed by atoms with Crippen LogP contribution in [0, 0.1) is 0 Å². The van der Waals surface area contributed by atoms with Crippen molar-refractivity contribution in [1.82, 2.24) is 4.31 Å². The Labute approximate surface area is 194 Å². The van der Waals surface area contributed by atoms with Crippen LogP contribution in [0.2, 0.25) is 0 Å². The van der Waals surface area contributed by atoms with Crippen LogP contribution in [0.5, 0.6) is 0 Å². The van der Waals surface area contributed by atoms with Crippen molar-refractivity contribution in [3.8, 4) is 0 Å². The summed E-state index contributed by atoms with van der Waals surface area (Å²) in [7, 11) is -3.54. The first-order valence-electron chi connectivity index (χ1n) is 11.4. The number of carbonyl (C=O) groups is 2. The predicted molar refractivity (Wildman–Crippen MR) is 126 cm³/mol. The van der Waals surface area contributed by atoms with Gasteiger partial charge in [-0.05, 0) is 80.6 Å². The third-order valence-corrected chi connectivity index (χ3v) is 7.91. The van der Waals surface area contributed by atoms with Gasteiger partial charge in [-0.25, -0.2) is 13.2 Å². The zero-order valence-electron chi connectivity index (χ0n) is 18.5. The summed E-state index contributed by atoms with van der Waals surface area (Å²) < 4.78 is 31.7. The smallest absolute Gasteiger partial charge is 0.338 e. The minimum Gasteiger partial charge on any atom is -0.452 e. The molecular weight excluding hydrogens is 442 g/mol. The molecule has 0 spiro atoms. The molecule has 1 N–H and O–H groups in total. The van der Waals surface area contributed by atoms with Crippen LogP contribution in [-0.4, -0.2) is 57.4 Å². The molecule has 2 aliphatic heterocycles. The number of carbonyl (C=O) groups excluding carboxylic acids is 2. The molecule has 0 bridgehead atoms. The number of rotatable bonds is 7. The predicted octanol–water partition coefficient (Wildman–Crippen LogP) is 3.26. The first kappa shape index (κ1) is 23.3. The maximum atomic E-state index is 12.6. The molecule has 0 saturated carbocycles. The first-order valence-corrected chi connectivity index (χ1v) is 12.8. The van der Waals surface area contributed by atoms with Crippen LogP contribution in [-0.2, 0) is 19.6 Å². The molecule has 2 aromatic rings. The Balaban J connectivity index is 1.27. The highest BCUT2D eigenvalue weighted by atomic mass is 32.2. The van der Waals surface area contributed by atoms with Gasteiger partial charge < -0.3 is 15.0 Å². The molecular formula is C24H29N3O5S. The molecule has 0 aliphatic carbocycles. The summed E-state index contributed by atoms with van der Waals surface area (Å²) in [6.07, 6.45) is 5.37. The molecule has 2 fully saturated rings. The molecule has 2 aliphatic rings. The molecule has 8 nitrogen and oxygen atoms in total. The van der Waals surface area contributed by atoms with Crippen LogP contribution in [0.15, 0.2) is 53.4 Å². The summed E-state index contributed by atoms with van der Waals surface area (Å²) in [6.45, 7) is 2.70. The fourth-order valence-corrected chi connectivity index (χ4v) is 5.68. The van der Waals surface area contributed by atoms with Gasteiger partial charge in [0, 0.05) is 37.6 Å². The number of ether oxygens (including phenoxy) is 1. The van der Waals surface area contributed by atoms with Gasteiger partial charge in [-0.1, -0.05) is 0 Å². The highest BCUT2D eigenvalue weighted by Crippen LogP contribution is 2.23. The fraction of sp³-hybridized carbons (Fsp3) is 0.417. The second-order valence-corrected chi connectivity index (χ2v) is 10.3. The molecule has 2 heterocycles. The lowest BCUT2D eigenvalue weighted by atomic mass is 10.1. The lowest BCUT2D eigenvalue weighted by Gasteiger charge is -2.28. The zero-order chi connectivity index (χ0) is 23.3. The van der Waals surface area contributed by atoms with Crippen molar-refractivity contribution in [2.75, 3.05) is 43.0 Å². The van der Waals surface area contributed by atoms with Crippen LogP contribution in [0.1, 0.15) is 42.5 Å². The van der Waals surface area contributed by atoms with E-state index in [9.17, 15) is 18.0 Å². The van der Waals surface area contributed by atoms with Crippen molar-refractivity contribution in [2.24, 2.45) is 0 Å². The Morgan fingerprint density at radius 3 is 2.06 bits per heavy atom. The Hall–Kier alpha value is -2.91. The van der Waals surface area contributed by atoms with Gasteiger partial charge in [0.25, 0.3) is 5.91 Å². The maximum Gasteiger partial charge on any atom is 0.338 e. The van der Waals surface area contributed by atoms with Crippen LogP contribution in [0.4, 0.5) is 11.4 Å². The summed E-state index contributed by atoms with van der Waals surface area (Å²) >= 11 is 0. The third kappa shape index (κ3) is 5.72. The second kappa shape index (κ2) is 10.4. The molecule has 2 aromatic carbocycles. The van der Waals surface area contributed by atoms with Crippen LogP contribution in [0.3, 0.4) is 0 Å². The van der Waals surface area contributed by atoms with Gasteiger partial charge in [0.15, 0.2) is 6.61 Å². The Kier molecular flexibility index (Phi) is 7.29. The van der Waals surface area contributed by atoms with Gasteiger partial charge >= 0.3 is 5.97 Å². The number of anilines is 2. The molecule has 0 atom stereocenters. The van der Waals surface area contributed by atoms with E-state index < -0.39 is 28.5 Å². The van der Waals surface area contributed by atoms with Gasteiger partial charge in [-0.2, -0.15) is 4.31 Å². The van der Waals surface area contributed by atoms with Crippen molar-refractivity contribution in [1.29, 1.82) is 0 Å². The number of hydrogen-bond acceptors (Lipinski definition) is 6. The average Bonchev–Trinajstić information content (AvgIpc) is 3.40.